The zero-order valence-corrected chi connectivity index (χ0v) is 11.9. The summed E-state index contributed by atoms with van der Waals surface area (Å²) in [6, 6.07) is 6.38. The van der Waals surface area contributed by atoms with Crippen molar-refractivity contribution in [2.45, 2.75) is 20.3 Å². The summed E-state index contributed by atoms with van der Waals surface area (Å²) < 4.78 is 10.8. The first-order valence-electron chi connectivity index (χ1n) is 7.08. The maximum Gasteiger partial charge on any atom is 0.189 e. The number of nitrogens with one attached hydrogen (secondary N) is 1. The van der Waals surface area contributed by atoms with Gasteiger partial charge in [0.1, 0.15) is 5.75 Å². The molecular weight excluding hydrogens is 240 g/mol. The minimum atomic E-state index is 0.324. The van der Waals surface area contributed by atoms with Gasteiger partial charge in [-0.05, 0) is 50.6 Å². The Morgan fingerprint density at radius 1 is 1.26 bits per heavy atom. The van der Waals surface area contributed by atoms with Crippen LogP contribution >= 0.6 is 0 Å². The van der Waals surface area contributed by atoms with Crippen molar-refractivity contribution in [3.63, 3.8) is 0 Å². The van der Waals surface area contributed by atoms with Crippen molar-refractivity contribution >= 4 is 5.69 Å². The molecule has 0 atom stereocenters. The molecule has 0 spiro atoms. The van der Waals surface area contributed by atoms with Crippen LogP contribution in [0.4, 0.5) is 5.69 Å². The quantitative estimate of drug-likeness (QED) is 0.653. The predicted octanol–water partition coefficient (Wildman–Crippen LogP) is 2.17. The minimum absolute atomic E-state index is 0.324. The molecule has 4 heteroatoms. The molecule has 1 N–H and O–H groups in total. The molecular formula is C15H24N2O2. The molecule has 0 aromatic heterocycles. The van der Waals surface area contributed by atoms with E-state index in [-0.39, 0.29) is 0 Å². The lowest BCUT2D eigenvalue weighted by Crippen LogP contribution is -2.27. The second kappa shape index (κ2) is 7.36. The van der Waals surface area contributed by atoms with Gasteiger partial charge < -0.3 is 19.7 Å². The van der Waals surface area contributed by atoms with E-state index in [1.807, 2.05) is 13.0 Å². The summed E-state index contributed by atoms with van der Waals surface area (Å²) in [5.74, 6) is 0.908. The van der Waals surface area contributed by atoms with E-state index in [2.05, 4.69) is 29.3 Å². The molecule has 1 aliphatic rings. The molecule has 19 heavy (non-hydrogen) atoms. The van der Waals surface area contributed by atoms with Crippen molar-refractivity contribution in [1.82, 2.24) is 5.32 Å². The van der Waals surface area contributed by atoms with Gasteiger partial charge in [-0.25, -0.2) is 0 Å². The van der Waals surface area contributed by atoms with Gasteiger partial charge in [0, 0.05) is 31.9 Å². The fraction of sp³-hybridized carbons (Fsp3) is 0.600. The summed E-state index contributed by atoms with van der Waals surface area (Å²) in [6.07, 6.45) is 1.20. The first kappa shape index (κ1) is 14.2. The molecule has 0 bridgehead atoms. The topological polar surface area (TPSA) is 33.7 Å². The highest BCUT2D eigenvalue weighted by atomic mass is 16.7. The minimum Gasteiger partial charge on any atom is -0.467 e. The molecule has 1 aromatic carbocycles. The van der Waals surface area contributed by atoms with E-state index < -0.39 is 0 Å². The molecule has 106 valence electrons. The van der Waals surface area contributed by atoms with Crippen LogP contribution in [0.3, 0.4) is 0 Å². The fourth-order valence-electron chi connectivity index (χ4n) is 2.28. The SMILES string of the molecule is CCOCOc1ccc(N2CCCNCC2)cc1C. The molecule has 1 heterocycles. The second-order valence-corrected chi connectivity index (χ2v) is 4.80. The Kier molecular flexibility index (Phi) is 5.48. The van der Waals surface area contributed by atoms with E-state index in [0.29, 0.717) is 13.4 Å². The predicted molar refractivity (Wildman–Crippen MR) is 78.0 cm³/mol. The van der Waals surface area contributed by atoms with Crippen LogP contribution in [-0.4, -0.2) is 39.6 Å². The first-order valence-corrected chi connectivity index (χ1v) is 7.08. The number of aryl methyl sites for hydroxylation is 1. The standard InChI is InChI=1S/C15H24N2O2/c1-3-18-12-19-15-6-5-14(11-13(15)2)17-9-4-7-16-8-10-17/h5-6,11,16H,3-4,7-10,12H2,1-2H3. The van der Waals surface area contributed by atoms with Crippen LogP contribution in [0.2, 0.25) is 0 Å². The zero-order valence-electron chi connectivity index (χ0n) is 11.9. The van der Waals surface area contributed by atoms with Crippen LogP contribution in [0.25, 0.3) is 0 Å². The maximum atomic E-state index is 5.59. The third-order valence-electron chi connectivity index (χ3n) is 3.37. The Labute approximate surface area is 115 Å². The fourth-order valence-corrected chi connectivity index (χ4v) is 2.28. The molecule has 1 fully saturated rings. The summed E-state index contributed by atoms with van der Waals surface area (Å²) in [6.45, 7) is 9.41. The number of anilines is 1. The van der Waals surface area contributed by atoms with Crippen molar-refractivity contribution in [3.05, 3.63) is 23.8 Å². The van der Waals surface area contributed by atoms with Crippen molar-refractivity contribution in [3.8, 4) is 5.75 Å². The summed E-state index contributed by atoms with van der Waals surface area (Å²) in [5.41, 5.74) is 2.44. The number of nitrogens with zero attached hydrogens (tertiary/aromatic N) is 1. The molecule has 4 nitrogen and oxygen atoms in total. The highest BCUT2D eigenvalue weighted by molar-refractivity contribution is 5.53. The van der Waals surface area contributed by atoms with Gasteiger partial charge in [-0.15, -0.1) is 0 Å². The number of hydrogen-bond donors (Lipinski definition) is 1. The number of benzene rings is 1. The highest BCUT2D eigenvalue weighted by Crippen LogP contribution is 2.24. The Bertz CT molecular complexity index is 388. The largest absolute Gasteiger partial charge is 0.467 e. The summed E-state index contributed by atoms with van der Waals surface area (Å²) in [5, 5.41) is 3.42. The molecule has 2 rings (SSSR count). The van der Waals surface area contributed by atoms with Gasteiger partial charge in [0.2, 0.25) is 0 Å². The number of ether oxygens (including phenoxy) is 2. The van der Waals surface area contributed by atoms with Gasteiger partial charge >= 0.3 is 0 Å². The second-order valence-electron chi connectivity index (χ2n) is 4.80. The van der Waals surface area contributed by atoms with E-state index in [0.717, 1.165) is 37.5 Å². The van der Waals surface area contributed by atoms with Crippen molar-refractivity contribution in [2.24, 2.45) is 0 Å². The summed E-state index contributed by atoms with van der Waals surface area (Å²) in [7, 11) is 0. The Hall–Kier alpha value is -1.26. The number of rotatable bonds is 5. The van der Waals surface area contributed by atoms with E-state index in [1.54, 1.807) is 0 Å². The third kappa shape index (κ3) is 4.11. The third-order valence-corrected chi connectivity index (χ3v) is 3.37. The van der Waals surface area contributed by atoms with E-state index in [1.165, 1.54) is 12.1 Å². The van der Waals surface area contributed by atoms with Crippen LogP contribution in [0.1, 0.15) is 18.9 Å². The van der Waals surface area contributed by atoms with E-state index in [9.17, 15) is 0 Å². The van der Waals surface area contributed by atoms with Crippen LogP contribution in [0.15, 0.2) is 18.2 Å². The van der Waals surface area contributed by atoms with Crippen LogP contribution in [0, 0.1) is 6.92 Å². The van der Waals surface area contributed by atoms with Crippen molar-refractivity contribution < 1.29 is 9.47 Å². The molecule has 1 aliphatic heterocycles. The van der Waals surface area contributed by atoms with Gasteiger partial charge in [-0.2, -0.15) is 0 Å². The maximum absolute atomic E-state index is 5.59. The normalized spacial score (nSPS) is 16.2. The monoisotopic (exact) mass is 264 g/mol. The van der Waals surface area contributed by atoms with Gasteiger partial charge in [0.05, 0.1) is 0 Å². The van der Waals surface area contributed by atoms with Gasteiger partial charge in [-0.3, -0.25) is 0 Å². The molecule has 0 radical (unpaired) electrons. The van der Waals surface area contributed by atoms with Crippen molar-refractivity contribution in [2.75, 3.05) is 44.5 Å². The lowest BCUT2D eigenvalue weighted by atomic mass is 10.2. The van der Waals surface area contributed by atoms with Crippen LogP contribution < -0.4 is 15.0 Å². The molecule has 0 aliphatic carbocycles. The number of hydrogen-bond acceptors (Lipinski definition) is 4. The van der Waals surface area contributed by atoms with Crippen molar-refractivity contribution in [1.29, 1.82) is 0 Å². The van der Waals surface area contributed by atoms with Crippen LogP contribution in [0.5, 0.6) is 5.75 Å². The molecule has 1 saturated heterocycles. The first-order chi connectivity index (χ1) is 9.31. The van der Waals surface area contributed by atoms with Gasteiger partial charge in [0.25, 0.3) is 0 Å². The Balaban J connectivity index is 2.00. The smallest absolute Gasteiger partial charge is 0.189 e. The van der Waals surface area contributed by atoms with Crippen LogP contribution in [-0.2, 0) is 4.74 Å². The lowest BCUT2D eigenvalue weighted by molar-refractivity contribution is 0.0220. The molecule has 0 amide bonds. The van der Waals surface area contributed by atoms with E-state index in [4.69, 9.17) is 9.47 Å². The van der Waals surface area contributed by atoms with Gasteiger partial charge in [0.15, 0.2) is 6.79 Å². The molecule has 0 unspecified atom stereocenters. The average molecular weight is 264 g/mol. The Morgan fingerprint density at radius 2 is 2.16 bits per heavy atom. The van der Waals surface area contributed by atoms with Gasteiger partial charge in [-0.1, -0.05) is 0 Å². The lowest BCUT2D eigenvalue weighted by Gasteiger charge is -2.23. The summed E-state index contributed by atoms with van der Waals surface area (Å²) >= 11 is 0. The Morgan fingerprint density at radius 3 is 2.95 bits per heavy atom. The average Bonchev–Trinajstić information content (AvgIpc) is 2.70. The highest BCUT2D eigenvalue weighted by Gasteiger charge is 2.10. The molecule has 1 aromatic rings. The van der Waals surface area contributed by atoms with E-state index >= 15 is 0 Å². The summed E-state index contributed by atoms with van der Waals surface area (Å²) in [4.78, 5) is 2.43. The zero-order chi connectivity index (χ0) is 13.5. The molecule has 0 saturated carbocycles.